The molecule has 1 saturated heterocycles. The maximum atomic E-state index is 13.0. The van der Waals surface area contributed by atoms with Gasteiger partial charge in [-0.05, 0) is 32.3 Å². The molecule has 0 saturated carbocycles. The maximum Gasteiger partial charge on any atom is 0.276 e. The maximum absolute atomic E-state index is 13.0. The summed E-state index contributed by atoms with van der Waals surface area (Å²) in [6.07, 6.45) is 5.78. The van der Waals surface area contributed by atoms with E-state index in [-0.39, 0.29) is 11.5 Å². The number of thiophene rings is 1. The van der Waals surface area contributed by atoms with E-state index in [0.29, 0.717) is 19.4 Å². The van der Waals surface area contributed by atoms with Crippen molar-refractivity contribution in [1.29, 1.82) is 0 Å². The highest BCUT2D eigenvalue weighted by atomic mass is 32.1. The van der Waals surface area contributed by atoms with E-state index in [2.05, 4.69) is 5.10 Å². The Balaban J connectivity index is 1.52. The minimum atomic E-state index is -0.0460. The van der Waals surface area contributed by atoms with Gasteiger partial charge in [-0.15, -0.1) is 11.3 Å². The van der Waals surface area contributed by atoms with Gasteiger partial charge in [-0.3, -0.25) is 9.59 Å². The fourth-order valence-electron chi connectivity index (χ4n) is 3.92. The molecule has 0 bridgehead atoms. The highest BCUT2D eigenvalue weighted by Gasteiger charge is 2.17. The van der Waals surface area contributed by atoms with Crippen LogP contribution in [-0.4, -0.2) is 33.7 Å². The molecule has 0 spiro atoms. The Morgan fingerprint density at radius 2 is 1.89 bits per heavy atom. The molecule has 3 aromatic rings. The summed E-state index contributed by atoms with van der Waals surface area (Å²) < 4.78 is 3.63. The second-order valence-corrected chi connectivity index (χ2v) is 8.37. The molecule has 1 aliphatic rings. The minimum absolute atomic E-state index is 0.0460. The van der Waals surface area contributed by atoms with Gasteiger partial charge in [-0.1, -0.05) is 31.0 Å². The van der Waals surface area contributed by atoms with E-state index in [4.69, 9.17) is 0 Å². The number of aryl methyl sites for hydroxylation is 2. The lowest BCUT2D eigenvalue weighted by Gasteiger charge is -2.20. The molecule has 1 aromatic carbocycles. The fourth-order valence-corrected chi connectivity index (χ4v) is 5.06. The second-order valence-electron chi connectivity index (χ2n) is 7.31. The molecule has 0 radical (unpaired) electrons. The number of carbonyl (C=O) groups excluding carboxylic acids is 1. The van der Waals surface area contributed by atoms with E-state index in [1.165, 1.54) is 12.8 Å². The summed E-state index contributed by atoms with van der Waals surface area (Å²) >= 11 is 1.62. The van der Waals surface area contributed by atoms with E-state index in [9.17, 15) is 9.59 Å². The zero-order chi connectivity index (χ0) is 18.8. The molecule has 4 rings (SSSR count). The lowest BCUT2D eigenvalue weighted by atomic mass is 10.2. The fraction of sp³-hybridized carbons (Fsp3) is 0.476. The van der Waals surface area contributed by atoms with Gasteiger partial charge in [0.2, 0.25) is 5.91 Å². The summed E-state index contributed by atoms with van der Waals surface area (Å²) in [6, 6.07) is 8.01. The Labute approximate surface area is 162 Å². The summed E-state index contributed by atoms with van der Waals surface area (Å²) in [5, 5.41) is 6.28. The molecule has 0 atom stereocenters. The Morgan fingerprint density at radius 3 is 2.67 bits per heavy atom. The monoisotopic (exact) mass is 383 g/mol. The molecule has 1 amide bonds. The number of amides is 1. The molecule has 1 fully saturated rings. The summed E-state index contributed by atoms with van der Waals surface area (Å²) in [6.45, 7) is 4.20. The summed E-state index contributed by atoms with van der Waals surface area (Å²) in [5.41, 5.74) is 0.833. The standard InChI is InChI=1S/C21H25N3O2S/c1-15-20-19(16-9-4-5-10-17(16)27-20)21(26)24(22-15)14-8-11-18(25)23-12-6-2-3-7-13-23/h4-5,9-10H,2-3,6-8,11-14H2,1H3. The van der Waals surface area contributed by atoms with Crippen LogP contribution >= 0.6 is 11.3 Å². The Kier molecular flexibility index (Phi) is 5.25. The zero-order valence-electron chi connectivity index (χ0n) is 15.7. The predicted octanol–water partition coefficient (Wildman–Crippen LogP) is 4.10. The van der Waals surface area contributed by atoms with Gasteiger partial charge in [0.1, 0.15) is 0 Å². The third-order valence-electron chi connectivity index (χ3n) is 5.36. The lowest BCUT2D eigenvalue weighted by molar-refractivity contribution is -0.131. The van der Waals surface area contributed by atoms with Crippen molar-refractivity contribution < 1.29 is 4.79 Å². The van der Waals surface area contributed by atoms with Gasteiger partial charge >= 0.3 is 0 Å². The van der Waals surface area contributed by atoms with Crippen LogP contribution < -0.4 is 5.56 Å². The summed E-state index contributed by atoms with van der Waals surface area (Å²) in [4.78, 5) is 27.4. The quantitative estimate of drug-likeness (QED) is 0.681. The molecule has 0 N–H and O–H groups in total. The van der Waals surface area contributed by atoms with Gasteiger partial charge in [-0.2, -0.15) is 5.10 Å². The van der Waals surface area contributed by atoms with Crippen LogP contribution in [-0.2, 0) is 11.3 Å². The lowest BCUT2D eigenvalue weighted by Crippen LogP contribution is -2.32. The van der Waals surface area contributed by atoms with Crippen LogP contribution in [0, 0.1) is 6.92 Å². The Morgan fingerprint density at radius 1 is 1.15 bits per heavy atom. The van der Waals surface area contributed by atoms with Crippen LogP contribution in [0.25, 0.3) is 20.2 Å². The highest BCUT2D eigenvalue weighted by molar-refractivity contribution is 7.26. The molecule has 0 unspecified atom stereocenters. The number of fused-ring (bicyclic) bond motifs is 3. The molecule has 142 valence electrons. The first kappa shape index (κ1) is 18.2. The highest BCUT2D eigenvalue weighted by Crippen LogP contribution is 2.32. The average molecular weight is 384 g/mol. The number of hydrogen-bond acceptors (Lipinski definition) is 4. The number of benzene rings is 1. The van der Waals surface area contributed by atoms with Crippen molar-refractivity contribution in [3.8, 4) is 0 Å². The van der Waals surface area contributed by atoms with Crippen molar-refractivity contribution in [2.24, 2.45) is 0 Å². The zero-order valence-corrected chi connectivity index (χ0v) is 16.6. The van der Waals surface area contributed by atoms with E-state index in [1.54, 1.807) is 16.0 Å². The number of likely N-dealkylation sites (tertiary alicyclic amines) is 1. The van der Waals surface area contributed by atoms with Crippen LogP contribution in [0.15, 0.2) is 29.1 Å². The van der Waals surface area contributed by atoms with Gasteiger partial charge < -0.3 is 4.90 Å². The molecule has 1 aliphatic heterocycles. The molecule has 5 nitrogen and oxygen atoms in total. The number of rotatable bonds is 4. The van der Waals surface area contributed by atoms with E-state index in [0.717, 1.165) is 51.8 Å². The molecule has 2 aromatic heterocycles. The number of aromatic nitrogens is 2. The molecule has 6 heteroatoms. The summed E-state index contributed by atoms with van der Waals surface area (Å²) in [7, 11) is 0. The normalized spacial score (nSPS) is 15.4. The number of nitrogens with zero attached hydrogens (tertiary/aromatic N) is 3. The smallest absolute Gasteiger partial charge is 0.276 e. The van der Waals surface area contributed by atoms with Crippen molar-refractivity contribution >= 4 is 37.4 Å². The summed E-state index contributed by atoms with van der Waals surface area (Å²) in [5.74, 6) is 0.212. The van der Waals surface area contributed by atoms with Crippen LogP contribution in [0.1, 0.15) is 44.2 Å². The Hall–Kier alpha value is -2.21. The van der Waals surface area contributed by atoms with Gasteiger partial charge in [0, 0.05) is 36.1 Å². The third kappa shape index (κ3) is 3.63. The average Bonchev–Trinajstić information content (AvgIpc) is 2.85. The van der Waals surface area contributed by atoms with Crippen LogP contribution in [0.3, 0.4) is 0 Å². The first-order valence-corrected chi connectivity index (χ1v) is 10.6. The molecular weight excluding hydrogens is 358 g/mol. The van der Waals surface area contributed by atoms with Crippen LogP contribution in [0.5, 0.6) is 0 Å². The van der Waals surface area contributed by atoms with Crippen LogP contribution in [0.4, 0.5) is 0 Å². The number of carbonyl (C=O) groups is 1. The SMILES string of the molecule is Cc1nn(CCCC(=O)N2CCCCCC2)c(=O)c2c1sc1ccccc12. The van der Waals surface area contributed by atoms with Crippen molar-refractivity contribution in [3.63, 3.8) is 0 Å². The van der Waals surface area contributed by atoms with Gasteiger partial charge in [0.15, 0.2) is 0 Å². The van der Waals surface area contributed by atoms with Crippen molar-refractivity contribution in [3.05, 3.63) is 40.3 Å². The topological polar surface area (TPSA) is 55.2 Å². The largest absolute Gasteiger partial charge is 0.343 e. The molecular formula is C21H25N3O2S. The second kappa shape index (κ2) is 7.80. The van der Waals surface area contributed by atoms with Gasteiger partial charge in [0.05, 0.1) is 15.8 Å². The van der Waals surface area contributed by atoms with E-state index >= 15 is 0 Å². The first-order valence-electron chi connectivity index (χ1n) is 9.82. The molecule has 3 heterocycles. The van der Waals surface area contributed by atoms with Crippen LogP contribution in [0.2, 0.25) is 0 Å². The van der Waals surface area contributed by atoms with Gasteiger partial charge in [0.25, 0.3) is 5.56 Å². The minimum Gasteiger partial charge on any atom is -0.343 e. The van der Waals surface area contributed by atoms with Crippen molar-refractivity contribution in [2.45, 2.75) is 52.0 Å². The number of hydrogen-bond donors (Lipinski definition) is 0. The third-order valence-corrected chi connectivity index (χ3v) is 6.64. The predicted molar refractivity (Wildman–Crippen MR) is 110 cm³/mol. The van der Waals surface area contributed by atoms with Crippen molar-refractivity contribution in [2.75, 3.05) is 13.1 Å². The first-order chi connectivity index (χ1) is 13.1. The molecule has 0 aliphatic carbocycles. The van der Waals surface area contributed by atoms with E-state index in [1.807, 2.05) is 36.1 Å². The van der Waals surface area contributed by atoms with Gasteiger partial charge in [-0.25, -0.2) is 4.68 Å². The Bertz CT molecular complexity index is 1030. The van der Waals surface area contributed by atoms with E-state index < -0.39 is 0 Å². The molecule has 27 heavy (non-hydrogen) atoms. The van der Waals surface area contributed by atoms with Crippen molar-refractivity contribution in [1.82, 2.24) is 14.7 Å².